The maximum absolute atomic E-state index is 13.9. The van der Waals surface area contributed by atoms with Crippen molar-refractivity contribution < 1.29 is 17.6 Å². The van der Waals surface area contributed by atoms with Crippen LogP contribution in [0.2, 0.25) is 0 Å². The highest BCUT2D eigenvalue weighted by Crippen LogP contribution is 2.21. The molecule has 2 fully saturated rings. The first kappa shape index (κ1) is 20.2. The molecule has 2 aliphatic heterocycles. The Morgan fingerprint density at radius 3 is 2.15 bits per heavy atom. The number of likely N-dealkylation sites (tertiary alicyclic amines) is 1. The number of carbonyl (C=O) groups is 1. The third-order valence-electron chi connectivity index (χ3n) is 5.55. The van der Waals surface area contributed by atoms with Crippen LogP contribution in [0.5, 0.6) is 0 Å². The van der Waals surface area contributed by atoms with Gasteiger partial charge in [0.05, 0.1) is 6.04 Å². The highest BCUT2D eigenvalue weighted by Gasteiger charge is 2.34. The van der Waals surface area contributed by atoms with E-state index in [2.05, 4.69) is 0 Å². The topological polar surface area (TPSA) is 60.9 Å². The zero-order chi connectivity index (χ0) is 19.4. The second-order valence-corrected chi connectivity index (χ2v) is 9.19. The summed E-state index contributed by atoms with van der Waals surface area (Å²) in [5.74, 6) is -0.605. The van der Waals surface area contributed by atoms with Gasteiger partial charge < -0.3 is 4.90 Å². The van der Waals surface area contributed by atoms with Gasteiger partial charge in [-0.1, -0.05) is 25.0 Å². The van der Waals surface area contributed by atoms with Crippen molar-refractivity contribution in [2.75, 3.05) is 39.3 Å². The van der Waals surface area contributed by atoms with Gasteiger partial charge in [0.15, 0.2) is 0 Å². The molecular weight excluding hydrogens is 369 g/mol. The van der Waals surface area contributed by atoms with Crippen LogP contribution in [0.3, 0.4) is 0 Å². The summed E-state index contributed by atoms with van der Waals surface area (Å²) in [4.78, 5) is 16.5. The molecule has 0 N–H and O–H groups in total. The van der Waals surface area contributed by atoms with E-state index in [0.717, 1.165) is 32.0 Å². The van der Waals surface area contributed by atoms with E-state index in [1.165, 1.54) is 35.3 Å². The second-order valence-electron chi connectivity index (χ2n) is 7.29. The molecule has 0 radical (unpaired) electrons. The smallest absolute Gasteiger partial charge is 0.246 e. The number of hydrogen-bond donors (Lipinski definition) is 0. The van der Waals surface area contributed by atoms with Crippen LogP contribution < -0.4 is 0 Å². The highest BCUT2D eigenvalue weighted by molar-refractivity contribution is 7.89. The Hall–Kier alpha value is -1.51. The van der Waals surface area contributed by atoms with Gasteiger partial charge in [-0.2, -0.15) is 4.31 Å². The van der Waals surface area contributed by atoms with Crippen molar-refractivity contribution in [3.8, 4) is 0 Å². The van der Waals surface area contributed by atoms with Gasteiger partial charge in [-0.15, -0.1) is 0 Å². The molecule has 0 spiro atoms. The summed E-state index contributed by atoms with van der Waals surface area (Å²) in [6.45, 7) is 4.97. The molecule has 0 saturated carbocycles. The maximum atomic E-state index is 13.9. The first-order valence-electron chi connectivity index (χ1n) is 9.69. The fourth-order valence-corrected chi connectivity index (χ4v) is 5.32. The van der Waals surface area contributed by atoms with Crippen molar-refractivity contribution in [3.05, 3.63) is 30.1 Å². The van der Waals surface area contributed by atoms with E-state index in [1.54, 1.807) is 0 Å². The average Bonchev–Trinajstić information content (AvgIpc) is 2.96. The zero-order valence-corrected chi connectivity index (χ0v) is 16.6. The number of piperazine rings is 1. The summed E-state index contributed by atoms with van der Waals surface area (Å²) in [5.41, 5.74) is 0. The number of rotatable bonds is 4. The van der Waals surface area contributed by atoms with E-state index in [-0.39, 0.29) is 29.9 Å². The fourth-order valence-electron chi connectivity index (χ4n) is 3.84. The van der Waals surface area contributed by atoms with Crippen LogP contribution in [0.25, 0.3) is 0 Å². The molecule has 27 heavy (non-hydrogen) atoms. The number of sulfonamides is 1. The van der Waals surface area contributed by atoms with Crippen molar-refractivity contribution in [2.45, 2.75) is 43.5 Å². The molecular formula is C19H28FN3O3S. The first-order valence-corrected chi connectivity index (χ1v) is 11.1. The van der Waals surface area contributed by atoms with E-state index >= 15 is 0 Å². The summed E-state index contributed by atoms with van der Waals surface area (Å²) < 4.78 is 40.6. The van der Waals surface area contributed by atoms with Crippen LogP contribution >= 0.6 is 0 Å². The lowest BCUT2D eigenvalue weighted by Crippen LogP contribution is -2.55. The second kappa shape index (κ2) is 8.67. The largest absolute Gasteiger partial charge is 0.341 e. The molecule has 2 saturated heterocycles. The third kappa shape index (κ3) is 4.50. The summed E-state index contributed by atoms with van der Waals surface area (Å²) in [5, 5.41) is 0. The quantitative estimate of drug-likeness (QED) is 0.779. The Kier molecular flexibility index (Phi) is 6.49. The zero-order valence-electron chi connectivity index (χ0n) is 15.8. The van der Waals surface area contributed by atoms with E-state index in [0.29, 0.717) is 13.1 Å². The molecule has 2 heterocycles. The lowest BCUT2D eigenvalue weighted by atomic mass is 10.2. The van der Waals surface area contributed by atoms with Gasteiger partial charge in [-0.25, -0.2) is 12.8 Å². The van der Waals surface area contributed by atoms with Crippen LogP contribution in [0.1, 0.15) is 32.6 Å². The fraction of sp³-hybridized carbons (Fsp3) is 0.632. The molecule has 0 unspecified atom stereocenters. The summed E-state index contributed by atoms with van der Waals surface area (Å²) in [6, 6.07) is 5.19. The molecule has 1 amide bonds. The van der Waals surface area contributed by atoms with Crippen LogP contribution in [-0.2, 0) is 14.8 Å². The van der Waals surface area contributed by atoms with Gasteiger partial charge in [-0.05, 0) is 31.9 Å². The number of carbonyl (C=O) groups excluding carboxylic acids is 1. The lowest BCUT2D eigenvalue weighted by Gasteiger charge is -2.38. The number of halogens is 1. The van der Waals surface area contributed by atoms with Crippen molar-refractivity contribution in [1.29, 1.82) is 0 Å². The molecule has 150 valence electrons. The summed E-state index contributed by atoms with van der Waals surface area (Å²) in [7, 11) is -3.85. The highest BCUT2D eigenvalue weighted by atomic mass is 32.2. The van der Waals surface area contributed by atoms with Crippen molar-refractivity contribution in [3.63, 3.8) is 0 Å². The Labute approximate surface area is 161 Å². The number of amides is 1. The van der Waals surface area contributed by atoms with E-state index in [1.807, 2.05) is 16.7 Å². The Morgan fingerprint density at radius 1 is 0.963 bits per heavy atom. The minimum Gasteiger partial charge on any atom is -0.341 e. The molecule has 8 heteroatoms. The van der Waals surface area contributed by atoms with Crippen molar-refractivity contribution >= 4 is 15.9 Å². The van der Waals surface area contributed by atoms with Crippen LogP contribution in [0.4, 0.5) is 4.39 Å². The predicted molar refractivity (Wildman–Crippen MR) is 101 cm³/mol. The standard InChI is InChI=1S/C19H28FN3O3S/c1-16(19(24)22-10-6-2-3-7-11-22)21-12-14-23(15-13-21)27(25,26)18-9-5-4-8-17(18)20/h4-5,8-9,16H,2-3,6-7,10-15H2,1H3/t16-/m0/s1. The van der Waals surface area contributed by atoms with Crippen molar-refractivity contribution in [2.24, 2.45) is 0 Å². The average molecular weight is 398 g/mol. The van der Waals surface area contributed by atoms with Gasteiger partial charge >= 0.3 is 0 Å². The van der Waals surface area contributed by atoms with Crippen LogP contribution in [-0.4, -0.2) is 73.7 Å². The molecule has 3 rings (SSSR count). The first-order chi connectivity index (χ1) is 12.9. The Balaban J connectivity index is 1.61. The monoisotopic (exact) mass is 397 g/mol. The Bertz CT molecular complexity index is 755. The molecule has 1 aromatic carbocycles. The molecule has 1 aromatic rings. The van der Waals surface area contributed by atoms with Crippen LogP contribution in [0.15, 0.2) is 29.2 Å². The van der Waals surface area contributed by atoms with Gasteiger partial charge in [0.2, 0.25) is 15.9 Å². The minimum atomic E-state index is -3.85. The lowest BCUT2D eigenvalue weighted by molar-refractivity contribution is -0.136. The van der Waals surface area contributed by atoms with E-state index in [9.17, 15) is 17.6 Å². The minimum absolute atomic E-state index is 0.127. The van der Waals surface area contributed by atoms with Gasteiger partial charge in [-0.3, -0.25) is 9.69 Å². The normalized spacial score (nSPS) is 21.6. The van der Waals surface area contributed by atoms with Crippen LogP contribution in [0, 0.1) is 5.82 Å². The number of nitrogens with zero attached hydrogens (tertiary/aromatic N) is 3. The SMILES string of the molecule is C[C@@H](C(=O)N1CCCCCC1)N1CCN(S(=O)(=O)c2ccccc2F)CC1. The predicted octanol–water partition coefficient (Wildman–Crippen LogP) is 1.92. The third-order valence-corrected chi connectivity index (χ3v) is 7.48. The van der Waals surface area contributed by atoms with Gasteiger partial charge in [0.25, 0.3) is 0 Å². The van der Waals surface area contributed by atoms with Gasteiger partial charge in [0.1, 0.15) is 10.7 Å². The molecule has 6 nitrogen and oxygen atoms in total. The van der Waals surface area contributed by atoms with Gasteiger partial charge in [0, 0.05) is 39.3 Å². The molecule has 1 atom stereocenters. The number of hydrogen-bond acceptors (Lipinski definition) is 4. The van der Waals surface area contributed by atoms with E-state index in [4.69, 9.17) is 0 Å². The Morgan fingerprint density at radius 2 is 1.56 bits per heavy atom. The molecule has 0 aliphatic carbocycles. The molecule has 0 aromatic heterocycles. The van der Waals surface area contributed by atoms with Crippen molar-refractivity contribution in [1.82, 2.24) is 14.1 Å². The maximum Gasteiger partial charge on any atom is 0.246 e. The molecule has 0 bridgehead atoms. The number of benzene rings is 1. The van der Waals surface area contributed by atoms with E-state index < -0.39 is 15.8 Å². The summed E-state index contributed by atoms with van der Waals surface area (Å²) >= 11 is 0. The molecule has 2 aliphatic rings. The summed E-state index contributed by atoms with van der Waals surface area (Å²) in [6.07, 6.45) is 4.44.